The standard InChI is InChI=1S/C20H23N3O4/c1-13-11-17(24)18(14(2)21-13)20(26)23-9-7-22(8-10-23)19(25)15-5-4-6-16(12-15)27-3/h4-6,11-12H,7-10H2,1-3H3,(H,21,24). The molecule has 27 heavy (non-hydrogen) atoms. The predicted molar refractivity (Wildman–Crippen MR) is 101 cm³/mol. The number of piperazine rings is 1. The van der Waals surface area contributed by atoms with E-state index in [9.17, 15) is 14.4 Å². The van der Waals surface area contributed by atoms with Gasteiger partial charge < -0.3 is 19.5 Å². The van der Waals surface area contributed by atoms with Crippen LogP contribution in [0, 0.1) is 13.8 Å². The minimum absolute atomic E-state index is 0.0923. The highest BCUT2D eigenvalue weighted by Crippen LogP contribution is 2.16. The molecule has 0 radical (unpaired) electrons. The Morgan fingerprint density at radius 3 is 2.22 bits per heavy atom. The Morgan fingerprint density at radius 1 is 1.00 bits per heavy atom. The number of amides is 2. The van der Waals surface area contributed by atoms with Crippen molar-refractivity contribution in [1.29, 1.82) is 0 Å². The summed E-state index contributed by atoms with van der Waals surface area (Å²) in [6.45, 7) is 5.13. The molecular formula is C20H23N3O4. The number of aryl methyl sites for hydroxylation is 2. The number of benzene rings is 1. The van der Waals surface area contributed by atoms with Crippen LogP contribution in [0.1, 0.15) is 32.1 Å². The van der Waals surface area contributed by atoms with Gasteiger partial charge in [-0.1, -0.05) is 6.07 Å². The van der Waals surface area contributed by atoms with Gasteiger partial charge in [-0.2, -0.15) is 0 Å². The number of pyridine rings is 1. The Balaban J connectivity index is 1.69. The third-order valence-electron chi connectivity index (χ3n) is 4.74. The van der Waals surface area contributed by atoms with Crippen LogP contribution in [0.3, 0.4) is 0 Å². The van der Waals surface area contributed by atoms with E-state index in [1.54, 1.807) is 55.0 Å². The minimum atomic E-state index is -0.290. The SMILES string of the molecule is COc1cccc(C(=O)N2CCN(C(=O)c3c(C)[nH]c(C)cc3=O)CC2)c1. The molecule has 1 aliphatic heterocycles. The van der Waals surface area contributed by atoms with Crippen molar-refractivity contribution in [1.82, 2.24) is 14.8 Å². The molecule has 2 amide bonds. The molecule has 0 spiro atoms. The summed E-state index contributed by atoms with van der Waals surface area (Å²) in [6, 6.07) is 8.45. The van der Waals surface area contributed by atoms with Gasteiger partial charge in [0.2, 0.25) is 0 Å². The first-order valence-electron chi connectivity index (χ1n) is 8.84. The highest BCUT2D eigenvalue weighted by molar-refractivity contribution is 5.96. The number of methoxy groups -OCH3 is 1. The first-order valence-corrected chi connectivity index (χ1v) is 8.84. The van der Waals surface area contributed by atoms with Gasteiger partial charge in [0.05, 0.1) is 7.11 Å². The van der Waals surface area contributed by atoms with Gasteiger partial charge in [0.1, 0.15) is 11.3 Å². The van der Waals surface area contributed by atoms with E-state index >= 15 is 0 Å². The van der Waals surface area contributed by atoms with E-state index in [1.807, 2.05) is 0 Å². The van der Waals surface area contributed by atoms with E-state index < -0.39 is 0 Å². The lowest BCUT2D eigenvalue weighted by molar-refractivity contribution is 0.0534. The molecule has 7 heteroatoms. The largest absolute Gasteiger partial charge is 0.497 e. The monoisotopic (exact) mass is 369 g/mol. The second-order valence-corrected chi connectivity index (χ2v) is 6.63. The molecule has 0 atom stereocenters. The molecule has 1 aromatic heterocycles. The Morgan fingerprint density at radius 2 is 1.63 bits per heavy atom. The Hall–Kier alpha value is -3.09. The molecule has 2 heterocycles. The lowest BCUT2D eigenvalue weighted by atomic mass is 10.1. The first kappa shape index (κ1) is 18.7. The molecule has 1 aliphatic rings. The number of nitrogens with zero attached hydrogens (tertiary/aromatic N) is 2. The predicted octanol–water partition coefficient (Wildman–Crippen LogP) is 1.60. The van der Waals surface area contributed by atoms with Gasteiger partial charge in [0.15, 0.2) is 5.43 Å². The number of carbonyl (C=O) groups excluding carboxylic acids is 2. The van der Waals surface area contributed by atoms with Crippen molar-refractivity contribution in [2.45, 2.75) is 13.8 Å². The molecule has 0 saturated carbocycles. The van der Waals surface area contributed by atoms with E-state index in [0.717, 1.165) is 5.69 Å². The summed E-state index contributed by atoms with van der Waals surface area (Å²) in [4.78, 5) is 44.0. The first-order chi connectivity index (χ1) is 12.9. The number of aromatic amines is 1. The lowest BCUT2D eigenvalue weighted by Crippen LogP contribution is -2.51. The number of aromatic nitrogens is 1. The third kappa shape index (κ3) is 3.86. The van der Waals surface area contributed by atoms with E-state index in [0.29, 0.717) is 43.2 Å². The average Bonchev–Trinajstić information content (AvgIpc) is 2.66. The van der Waals surface area contributed by atoms with Gasteiger partial charge in [-0.05, 0) is 32.0 Å². The van der Waals surface area contributed by atoms with Crippen molar-refractivity contribution in [3.8, 4) is 5.75 Å². The van der Waals surface area contributed by atoms with E-state index in [-0.39, 0.29) is 22.8 Å². The highest BCUT2D eigenvalue weighted by atomic mass is 16.5. The number of carbonyl (C=O) groups is 2. The molecule has 142 valence electrons. The second kappa shape index (κ2) is 7.65. The number of H-pyrrole nitrogens is 1. The second-order valence-electron chi connectivity index (χ2n) is 6.63. The summed E-state index contributed by atoms with van der Waals surface area (Å²) in [6.07, 6.45) is 0. The highest BCUT2D eigenvalue weighted by Gasteiger charge is 2.27. The molecule has 1 aromatic carbocycles. The maximum absolute atomic E-state index is 12.8. The summed E-state index contributed by atoms with van der Waals surface area (Å²) in [5.41, 5.74) is 1.75. The molecule has 1 N–H and O–H groups in total. The van der Waals surface area contributed by atoms with Crippen LogP contribution >= 0.6 is 0 Å². The molecule has 0 bridgehead atoms. The van der Waals surface area contributed by atoms with Gasteiger partial charge in [0, 0.05) is 49.2 Å². The minimum Gasteiger partial charge on any atom is -0.497 e. The van der Waals surface area contributed by atoms with Gasteiger partial charge in [-0.3, -0.25) is 14.4 Å². The summed E-state index contributed by atoms with van der Waals surface area (Å²) in [7, 11) is 1.56. The number of hydrogen-bond acceptors (Lipinski definition) is 4. The van der Waals surface area contributed by atoms with Crippen molar-refractivity contribution in [3.05, 3.63) is 63.1 Å². The van der Waals surface area contributed by atoms with E-state index in [4.69, 9.17) is 4.74 Å². The fourth-order valence-electron chi connectivity index (χ4n) is 3.32. The van der Waals surface area contributed by atoms with Crippen molar-refractivity contribution in [2.24, 2.45) is 0 Å². The maximum Gasteiger partial charge on any atom is 0.259 e. The van der Waals surface area contributed by atoms with Crippen LogP contribution in [0.2, 0.25) is 0 Å². The lowest BCUT2D eigenvalue weighted by Gasteiger charge is -2.35. The van der Waals surface area contributed by atoms with Crippen LogP contribution in [0.25, 0.3) is 0 Å². The van der Waals surface area contributed by atoms with Crippen molar-refractivity contribution in [2.75, 3.05) is 33.3 Å². The van der Waals surface area contributed by atoms with Crippen molar-refractivity contribution < 1.29 is 14.3 Å². The smallest absolute Gasteiger partial charge is 0.259 e. The summed E-state index contributed by atoms with van der Waals surface area (Å²) < 4.78 is 5.16. The van der Waals surface area contributed by atoms with Crippen LogP contribution in [-0.2, 0) is 0 Å². The zero-order valence-electron chi connectivity index (χ0n) is 15.7. The number of rotatable bonds is 3. The van der Waals surface area contributed by atoms with Gasteiger partial charge in [0.25, 0.3) is 11.8 Å². The van der Waals surface area contributed by atoms with Gasteiger partial charge in [-0.25, -0.2) is 0 Å². The Labute approximate surface area is 157 Å². The van der Waals surface area contributed by atoms with Crippen LogP contribution in [0.15, 0.2) is 35.1 Å². The van der Waals surface area contributed by atoms with Crippen LogP contribution in [0.5, 0.6) is 5.75 Å². The molecule has 3 rings (SSSR count). The Kier molecular flexibility index (Phi) is 5.30. The number of ether oxygens (including phenoxy) is 1. The number of hydrogen-bond donors (Lipinski definition) is 1. The summed E-state index contributed by atoms with van der Waals surface area (Å²) >= 11 is 0. The zero-order valence-corrected chi connectivity index (χ0v) is 15.7. The van der Waals surface area contributed by atoms with Crippen LogP contribution < -0.4 is 10.2 Å². The summed E-state index contributed by atoms with van der Waals surface area (Å²) in [5, 5.41) is 0. The molecule has 1 saturated heterocycles. The molecule has 2 aromatic rings. The normalized spacial score (nSPS) is 14.2. The molecule has 0 unspecified atom stereocenters. The topological polar surface area (TPSA) is 82.7 Å². The molecule has 0 aliphatic carbocycles. The number of nitrogens with one attached hydrogen (secondary N) is 1. The van der Waals surface area contributed by atoms with E-state index in [1.165, 1.54) is 6.07 Å². The quantitative estimate of drug-likeness (QED) is 0.891. The Bertz CT molecular complexity index is 927. The van der Waals surface area contributed by atoms with Gasteiger partial charge in [-0.15, -0.1) is 0 Å². The molecule has 1 fully saturated rings. The third-order valence-corrected chi connectivity index (χ3v) is 4.74. The van der Waals surface area contributed by atoms with Crippen LogP contribution in [0.4, 0.5) is 0 Å². The fourth-order valence-corrected chi connectivity index (χ4v) is 3.32. The zero-order chi connectivity index (χ0) is 19.6. The van der Waals surface area contributed by atoms with Gasteiger partial charge >= 0.3 is 0 Å². The van der Waals surface area contributed by atoms with Crippen LogP contribution in [-0.4, -0.2) is 59.9 Å². The fraction of sp³-hybridized carbons (Fsp3) is 0.350. The average molecular weight is 369 g/mol. The van der Waals surface area contributed by atoms with Crippen molar-refractivity contribution >= 4 is 11.8 Å². The van der Waals surface area contributed by atoms with Crippen molar-refractivity contribution in [3.63, 3.8) is 0 Å². The summed E-state index contributed by atoms with van der Waals surface area (Å²) in [5.74, 6) is 0.247. The maximum atomic E-state index is 12.8. The molecular weight excluding hydrogens is 346 g/mol. The molecule has 7 nitrogen and oxygen atoms in total. The van der Waals surface area contributed by atoms with E-state index in [2.05, 4.69) is 4.98 Å².